The molecule has 1 saturated heterocycles. The topological polar surface area (TPSA) is 79.6 Å². The summed E-state index contributed by atoms with van der Waals surface area (Å²) in [6, 6.07) is 3.57. The maximum Gasteiger partial charge on any atom is 0.323 e. The average molecular weight is 310 g/mol. The van der Waals surface area contributed by atoms with Crippen LogP contribution in [0.5, 0.6) is 0 Å². The van der Waals surface area contributed by atoms with E-state index in [4.69, 9.17) is 5.11 Å². The Morgan fingerprint density at radius 3 is 2.90 bits per heavy atom. The monoisotopic (exact) mass is 310 g/mol. The lowest BCUT2D eigenvalue weighted by atomic mass is 10.2. The van der Waals surface area contributed by atoms with Crippen LogP contribution in [0.15, 0.2) is 23.0 Å². The van der Waals surface area contributed by atoms with Crippen molar-refractivity contribution < 1.29 is 19.1 Å². The van der Waals surface area contributed by atoms with Crippen LogP contribution in [-0.4, -0.2) is 39.5 Å². The summed E-state index contributed by atoms with van der Waals surface area (Å²) < 4.78 is 15.2. The molecule has 1 aromatic heterocycles. The minimum atomic E-state index is -1.10. The minimum absolute atomic E-state index is 0.215. The Morgan fingerprint density at radius 2 is 2.19 bits per heavy atom. The third-order valence-corrected chi connectivity index (χ3v) is 4.48. The molecule has 1 fully saturated rings. The van der Waals surface area contributed by atoms with E-state index in [1.54, 1.807) is 6.07 Å². The Kier molecular flexibility index (Phi) is 3.25. The number of aliphatic carboxylic acids is 1. The highest BCUT2D eigenvalue weighted by atomic mass is 32.1. The second kappa shape index (κ2) is 4.96. The van der Waals surface area contributed by atoms with Crippen LogP contribution in [0, 0.1) is 5.82 Å². The molecular weight excluding hydrogens is 299 g/mol. The minimum Gasteiger partial charge on any atom is -0.480 e. The van der Waals surface area contributed by atoms with Gasteiger partial charge in [0.1, 0.15) is 18.4 Å². The molecule has 110 valence electrons. The second-order valence-electron chi connectivity index (χ2n) is 4.78. The summed E-state index contributed by atoms with van der Waals surface area (Å²) >= 11 is 0.755. The summed E-state index contributed by atoms with van der Waals surface area (Å²) in [4.78, 5) is 35.8. The van der Waals surface area contributed by atoms with Crippen molar-refractivity contribution in [3.63, 3.8) is 0 Å². The molecule has 0 aliphatic carbocycles. The first-order valence-electron chi connectivity index (χ1n) is 6.29. The van der Waals surface area contributed by atoms with Crippen LogP contribution in [-0.2, 0) is 9.59 Å². The van der Waals surface area contributed by atoms with Crippen LogP contribution in [0.25, 0.3) is 10.2 Å². The maximum absolute atomic E-state index is 13.7. The zero-order valence-electron chi connectivity index (χ0n) is 10.8. The molecule has 1 N–H and O–H groups in total. The SMILES string of the molecule is O=C(O)CN1CCC(n2c(=O)sc3c(F)cccc32)C1=O. The fraction of sp³-hybridized carbons (Fsp3) is 0.308. The van der Waals surface area contributed by atoms with Crippen LogP contribution in [0.1, 0.15) is 12.5 Å². The number of carbonyl (C=O) groups excluding carboxylic acids is 1. The van der Waals surface area contributed by atoms with E-state index in [0.717, 1.165) is 11.3 Å². The lowest BCUT2D eigenvalue weighted by Crippen LogP contribution is -2.34. The largest absolute Gasteiger partial charge is 0.480 e. The lowest BCUT2D eigenvalue weighted by molar-refractivity contribution is -0.143. The number of carbonyl (C=O) groups is 2. The van der Waals surface area contributed by atoms with Crippen molar-refractivity contribution in [1.82, 2.24) is 9.47 Å². The van der Waals surface area contributed by atoms with Gasteiger partial charge in [-0.05, 0) is 18.6 Å². The number of halogens is 1. The molecule has 2 heterocycles. The highest BCUT2D eigenvalue weighted by molar-refractivity contribution is 7.16. The van der Waals surface area contributed by atoms with Crippen molar-refractivity contribution in [1.29, 1.82) is 0 Å². The van der Waals surface area contributed by atoms with E-state index in [1.807, 2.05) is 0 Å². The molecule has 1 unspecified atom stereocenters. The van der Waals surface area contributed by atoms with E-state index in [2.05, 4.69) is 0 Å². The number of likely N-dealkylation sites (tertiary alicyclic amines) is 1. The molecule has 1 atom stereocenters. The molecule has 0 spiro atoms. The molecule has 0 saturated carbocycles. The van der Waals surface area contributed by atoms with Crippen molar-refractivity contribution in [2.45, 2.75) is 12.5 Å². The van der Waals surface area contributed by atoms with E-state index < -0.39 is 28.6 Å². The summed E-state index contributed by atoms with van der Waals surface area (Å²) in [6.07, 6.45) is 0.342. The normalized spacial score (nSPS) is 18.6. The first-order chi connectivity index (χ1) is 9.99. The Labute approximate surface area is 122 Å². The fourth-order valence-corrected chi connectivity index (χ4v) is 3.54. The van der Waals surface area contributed by atoms with Gasteiger partial charge in [-0.25, -0.2) is 4.39 Å². The van der Waals surface area contributed by atoms with Gasteiger partial charge < -0.3 is 10.0 Å². The number of hydrogen-bond donors (Lipinski definition) is 1. The number of carboxylic acid groups (broad SMARTS) is 1. The molecule has 8 heteroatoms. The molecule has 3 rings (SSSR count). The van der Waals surface area contributed by atoms with Gasteiger partial charge in [-0.1, -0.05) is 17.4 Å². The van der Waals surface area contributed by atoms with Gasteiger partial charge in [0.05, 0.1) is 10.2 Å². The van der Waals surface area contributed by atoms with Gasteiger partial charge in [0.2, 0.25) is 5.91 Å². The third-order valence-electron chi connectivity index (χ3n) is 3.50. The number of carboxylic acids is 1. The van der Waals surface area contributed by atoms with Crippen LogP contribution in [0.3, 0.4) is 0 Å². The smallest absolute Gasteiger partial charge is 0.323 e. The Balaban J connectivity index is 2.04. The van der Waals surface area contributed by atoms with E-state index in [9.17, 15) is 18.8 Å². The first kappa shape index (κ1) is 13.7. The third kappa shape index (κ3) is 2.21. The van der Waals surface area contributed by atoms with Gasteiger partial charge in [-0.15, -0.1) is 0 Å². The number of aromatic nitrogens is 1. The zero-order chi connectivity index (χ0) is 15.1. The van der Waals surface area contributed by atoms with Gasteiger partial charge in [0.25, 0.3) is 0 Å². The van der Waals surface area contributed by atoms with Crippen LogP contribution >= 0.6 is 11.3 Å². The quantitative estimate of drug-likeness (QED) is 0.919. The van der Waals surface area contributed by atoms with E-state index in [0.29, 0.717) is 11.9 Å². The van der Waals surface area contributed by atoms with Gasteiger partial charge in [0, 0.05) is 6.54 Å². The molecule has 1 aliphatic rings. The second-order valence-corrected chi connectivity index (χ2v) is 5.75. The molecule has 0 radical (unpaired) electrons. The van der Waals surface area contributed by atoms with Crippen molar-refractivity contribution >= 4 is 33.4 Å². The molecule has 1 aromatic carbocycles. The summed E-state index contributed by atoms with van der Waals surface area (Å²) in [5.41, 5.74) is 0.375. The molecule has 0 bridgehead atoms. The van der Waals surface area contributed by atoms with E-state index >= 15 is 0 Å². The molecule has 6 nitrogen and oxygen atoms in total. The highest BCUT2D eigenvalue weighted by Crippen LogP contribution is 2.28. The van der Waals surface area contributed by atoms with E-state index in [-0.39, 0.29) is 17.8 Å². The Hall–Kier alpha value is -2.22. The van der Waals surface area contributed by atoms with Gasteiger partial charge >= 0.3 is 10.8 Å². The summed E-state index contributed by atoms with van der Waals surface area (Å²) in [6.45, 7) is -0.116. The van der Waals surface area contributed by atoms with Crippen molar-refractivity contribution in [3.8, 4) is 0 Å². The van der Waals surface area contributed by atoms with Crippen LogP contribution in [0.4, 0.5) is 4.39 Å². The highest BCUT2D eigenvalue weighted by Gasteiger charge is 2.35. The number of amides is 1. The molecule has 21 heavy (non-hydrogen) atoms. The molecule has 1 amide bonds. The summed E-state index contributed by atoms with van der Waals surface area (Å²) in [5, 5.41) is 8.76. The number of fused-ring (bicyclic) bond motifs is 1. The molecule has 1 aliphatic heterocycles. The Morgan fingerprint density at radius 1 is 1.43 bits per heavy atom. The number of hydrogen-bond acceptors (Lipinski definition) is 4. The number of benzene rings is 1. The Bertz CT molecular complexity index is 797. The zero-order valence-corrected chi connectivity index (χ0v) is 11.6. The maximum atomic E-state index is 13.7. The van der Waals surface area contributed by atoms with Gasteiger partial charge in [-0.3, -0.25) is 19.0 Å². The van der Waals surface area contributed by atoms with Crippen molar-refractivity contribution in [2.24, 2.45) is 0 Å². The predicted octanol–water partition coefficient (Wildman–Crippen LogP) is 1.06. The van der Waals surface area contributed by atoms with Crippen LogP contribution in [0.2, 0.25) is 0 Å². The van der Waals surface area contributed by atoms with Gasteiger partial charge in [-0.2, -0.15) is 0 Å². The summed E-state index contributed by atoms with van der Waals surface area (Å²) in [5.74, 6) is -2.01. The standard InChI is InChI=1S/C13H11FN2O4S/c14-7-2-1-3-8-11(7)21-13(20)16(8)9-4-5-15(12(9)19)6-10(17)18/h1-3,9H,4-6H2,(H,17,18). The first-order valence-corrected chi connectivity index (χ1v) is 7.11. The number of rotatable bonds is 3. The summed E-state index contributed by atoms with van der Waals surface area (Å²) in [7, 11) is 0. The fourth-order valence-electron chi connectivity index (χ4n) is 2.60. The predicted molar refractivity (Wildman–Crippen MR) is 73.9 cm³/mol. The van der Waals surface area contributed by atoms with Crippen molar-refractivity contribution in [3.05, 3.63) is 33.7 Å². The van der Waals surface area contributed by atoms with Crippen LogP contribution < -0.4 is 4.87 Å². The lowest BCUT2D eigenvalue weighted by Gasteiger charge is -2.14. The number of nitrogens with zero attached hydrogens (tertiary/aromatic N) is 2. The van der Waals surface area contributed by atoms with Gasteiger partial charge in [0.15, 0.2) is 0 Å². The average Bonchev–Trinajstić information content (AvgIpc) is 2.92. The molecular formula is C13H11FN2O4S. The van der Waals surface area contributed by atoms with E-state index in [1.165, 1.54) is 21.6 Å². The van der Waals surface area contributed by atoms with Crippen molar-refractivity contribution in [2.75, 3.05) is 13.1 Å². The number of thiazole rings is 1. The molecule has 2 aromatic rings.